The second-order valence-electron chi connectivity index (χ2n) is 11.1. The number of benzene rings is 3. The van der Waals surface area contributed by atoms with E-state index in [4.69, 9.17) is 23.7 Å². The number of aliphatic hydroxyl groups excluding tert-OH is 1. The quantitative estimate of drug-likeness (QED) is 0.136. The van der Waals surface area contributed by atoms with Crippen molar-refractivity contribution in [3.63, 3.8) is 0 Å². The van der Waals surface area contributed by atoms with Crippen molar-refractivity contribution in [3.8, 4) is 0 Å². The zero-order valence-corrected chi connectivity index (χ0v) is 26.2. The number of rotatable bonds is 13. The number of aliphatic hydroxyl groups is 1. The zero-order valence-electron chi connectivity index (χ0n) is 26.2. The van der Waals surface area contributed by atoms with Gasteiger partial charge in [0.25, 0.3) is 0 Å². The fourth-order valence-electron chi connectivity index (χ4n) is 4.83. The number of allylic oxidation sites excluding steroid dienone is 3. The van der Waals surface area contributed by atoms with Crippen molar-refractivity contribution in [3.05, 3.63) is 131 Å². The SMILES string of the molecule is CC(C)=CCC/C(C)=C/CO[C@@H]1O[C@H](CO)[C@@H](OC(=O)c2ccccc2)[C@H](OC(=O)c2ccccc2)[C@H]1OC(=O)c1ccccc1. The molecule has 9 heteroatoms. The molecule has 0 bridgehead atoms. The van der Waals surface area contributed by atoms with E-state index in [-0.39, 0.29) is 23.3 Å². The Bertz CT molecular complexity index is 1480. The molecule has 0 saturated carbocycles. The highest BCUT2D eigenvalue weighted by Crippen LogP contribution is 2.31. The molecule has 3 aromatic carbocycles. The van der Waals surface area contributed by atoms with Crippen molar-refractivity contribution in [1.82, 2.24) is 0 Å². The van der Waals surface area contributed by atoms with E-state index >= 15 is 0 Å². The first-order chi connectivity index (χ1) is 22.3. The van der Waals surface area contributed by atoms with E-state index in [0.717, 1.165) is 18.4 Å². The summed E-state index contributed by atoms with van der Waals surface area (Å²) in [6, 6.07) is 24.8. The topological polar surface area (TPSA) is 118 Å². The third-order valence-electron chi connectivity index (χ3n) is 7.31. The van der Waals surface area contributed by atoms with Crippen molar-refractivity contribution in [2.75, 3.05) is 13.2 Å². The summed E-state index contributed by atoms with van der Waals surface area (Å²) >= 11 is 0. The van der Waals surface area contributed by atoms with E-state index in [1.54, 1.807) is 91.0 Å². The predicted molar refractivity (Wildman–Crippen MR) is 171 cm³/mol. The molecular formula is C37H40O9. The summed E-state index contributed by atoms with van der Waals surface area (Å²) in [5.41, 5.74) is 3.01. The fraction of sp³-hybridized carbons (Fsp3) is 0.324. The van der Waals surface area contributed by atoms with E-state index in [0.29, 0.717) is 0 Å². The van der Waals surface area contributed by atoms with E-state index in [2.05, 4.69) is 6.08 Å². The minimum atomic E-state index is -1.41. The summed E-state index contributed by atoms with van der Waals surface area (Å²) in [6.07, 6.45) is -0.883. The maximum Gasteiger partial charge on any atom is 0.338 e. The highest BCUT2D eigenvalue weighted by molar-refractivity contribution is 5.91. The minimum Gasteiger partial charge on any atom is -0.452 e. The first kappa shape index (κ1) is 34.3. The molecule has 1 saturated heterocycles. The lowest BCUT2D eigenvalue weighted by Crippen LogP contribution is -2.63. The van der Waals surface area contributed by atoms with Gasteiger partial charge in [0.1, 0.15) is 6.10 Å². The van der Waals surface area contributed by atoms with Gasteiger partial charge in [-0.1, -0.05) is 77.9 Å². The molecule has 0 aromatic heterocycles. The van der Waals surface area contributed by atoms with Crippen LogP contribution in [-0.4, -0.2) is 66.9 Å². The predicted octanol–water partition coefficient (Wildman–Crippen LogP) is 6.09. The molecular weight excluding hydrogens is 588 g/mol. The van der Waals surface area contributed by atoms with E-state index in [9.17, 15) is 19.5 Å². The molecule has 0 amide bonds. The van der Waals surface area contributed by atoms with Gasteiger partial charge in [-0.25, -0.2) is 14.4 Å². The van der Waals surface area contributed by atoms with Crippen LogP contribution in [0.4, 0.5) is 0 Å². The third kappa shape index (κ3) is 9.71. The Morgan fingerprint density at radius 3 is 1.59 bits per heavy atom. The Morgan fingerprint density at radius 1 is 0.674 bits per heavy atom. The molecule has 1 aliphatic heterocycles. The van der Waals surface area contributed by atoms with E-state index in [1.165, 1.54) is 5.57 Å². The van der Waals surface area contributed by atoms with Crippen molar-refractivity contribution in [1.29, 1.82) is 0 Å². The molecule has 1 heterocycles. The average Bonchev–Trinajstić information content (AvgIpc) is 3.07. The minimum absolute atomic E-state index is 0.0800. The number of ether oxygens (including phenoxy) is 5. The van der Waals surface area contributed by atoms with E-state index in [1.807, 2.05) is 26.8 Å². The lowest BCUT2D eigenvalue weighted by atomic mass is 9.97. The highest BCUT2D eigenvalue weighted by Gasteiger charge is 2.53. The van der Waals surface area contributed by atoms with Gasteiger partial charge >= 0.3 is 17.9 Å². The smallest absolute Gasteiger partial charge is 0.338 e. The lowest BCUT2D eigenvalue weighted by Gasteiger charge is -2.44. The van der Waals surface area contributed by atoms with Gasteiger partial charge in [0.15, 0.2) is 24.6 Å². The Kier molecular flexibility index (Phi) is 12.8. The molecule has 4 rings (SSSR count). The maximum absolute atomic E-state index is 13.4. The van der Waals surface area contributed by atoms with Gasteiger partial charge in [-0.3, -0.25) is 0 Å². The van der Waals surface area contributed by atoms with Crippen LogP contribution in [-0.2, 0) is 23.7 Å². The Morgan fingerprint density at radius 2 is 1.13 bits per heavy atom. The molecule has 1 fully saturated rings. The highest BCUT2D eigenvalue weighted by atomic mass is 16.7. The zero-order chi connectivity index (χ0) is 32.9. The number of carbonyl (C=O) groups is 3. The van der Waals surface area contributed by atoms with Crippen LogP contribution in [0.15, 0.2) is 114 Å². The molecule has 46 heavy (non-hydrogen) atoms. The summed E-state index contributed by atoms with van der Waals surface area (Å²) in [5, 5.41) is 10.4. The average molecular weight is 629 g/mol. The van der Waals surface area contributed by atoms with Crippen LogP contribution in [0.1, 0.15) is 64.7 Å². The van der Waals surface area contributed by atoms with Gasteiger partial charge in [-0.05, 0) is 70.0 Å². The molecule has 0 unspecified atom stereocenters. The summed E-state index contributed by atoms with van der Waals surface area (Å²) < 4.78 is 29.9. The van der Waals surface area contributed by atoms with Gasteiger partial charge in [0, 0.05) is 0 Å². The molecule has 0 radical (unpaired) electrons. The molecule has 242 valence electrons. The van der Waals surface area contributed by atoms with Crippen LogP contribution < -0.4 is 0 Å². The van der Waals surface area contributed by atoms with Crippen LogP contribution in [0.5, 0.6) is 0 Å². The maximum atomic E-state index is 13.4. The van der Waals surface area contributed by atoms with Crippen LogP contribution >= 0.6 is 0 Å². The van der Waals surface area contributed by atoms with Crippen LogP contribution in [0.2, 0.25) is 0 Å². The first-order valence-electron chi connectivity index (χ1n) is 15.2. The standard InChI is InChI=1S/C37H40O9/c1-25(2)14-13-15-26(3)22-23-42-37-33(46-36(41)29-20-11-6-12-21-29)32(45-35(40)28-18-9-5-10-19-28)31(30(24-38)43-37)44-34(39)27-16-7-4-8-17-27/h4-12,14,16-22,30-33,37-38H,13,15,23-24H2,1-3H3/b26-22+/t30-,31-,32+,33-,37-/m1/s1. The second-order valence-corrected chi connectivity index (χ2v) is 11.1. The second kappa shape index (κ2) is 17.2. The fourth-order valence-corrected chi connectivity index (χ4v) is 4.83. The molecule has 0 spiro atoms. The Labute approximate surface area is 269 Å². The van der Waals surface area contributed by atoms with Crippen molar-refractivity contribution in [2.45, 2.75) is 64.3 Å². The van der Waals surface area contributed by atoms with Crippen molar-refractivity contribution < 1.29 is 43.2 Å². The van der Waals surface area contributed by atoms with Crippen LogP contribution in [0.3, 0.4) is 0 Å². The lowest BCUT2D eigenvalue weighted by molar-refractivity contribution is -0.296. The van der Waals surface area contributed by atoms with Crippen LogP contribution in [0, 0.1) is 0 Å². The third-order valence-corrected chi connectivity index (χ3v) is 7.31. The normalized spacial score (nSPS) is 21.1. The number of esters is 3. The summed E-state index contributed by atoms with van der Waals surface area (Å²) in [7, 11) is 0. The molecule has 5 atom stereocenters. The molecule has 1 aliphatic rings. The monoisotopic (exact) mass is 628 g/mol. The van der Waals surface area contributed by atoms with E-state index < -0.39 is 55.2 Å². The number of hydrogen-bond acceptors (Lipinski definition) is 9. The van der Waals surface area contributed by atoms with Gasteiger partial charge in [-0.15, -0.1) is 0 Å². The molecule has 1 N–H and O–H groups in total. The first-order valence-corrected chi connectivity index (χ1v) is 15.2. The summed E-state index contributed by atoms with van der Waals surface area (Å²) in [6.45, 7) is 5.54. The number of carbonyl (C=O) groups excluding carboxylic acids is 3. The largest absolute Gasteiger partial charge is 0.452 e. The van der Waals surface area contributed by atoms with Gasteiger partial charge in [0.05, 0.1) is 29.9 Å². The van der Waals surface area contributed by atoms with Gasteiger partial charge in [0.2, 0.25) is 0 Å². The molecule has 0 aliphatic carbocycles. The van der Waals surface area contributed by atoms with Crippen LogP contribution in [0.25, 0.3) is 0 Å². The summed E-state index contributed by atoms with van der Waals surface area (Å²) in [5.74, 6) is -2.22. The Hall–Kier alpha value is -4.57. The summed E-state index contributed by atoms with van der Waals surface area (Å²) in [4.78, 5) is 40.0. The van der Waals surface area contributed by atoms with Crippen molar-refractivity contribution in [2.24, 2.45) is 0 Å². The van der Waals surface area contributed by atoms with Gasteiger partial charge < -0.3 is 28.8 Å². The van der Waals surface area contributed by atoms with Gasteiger partial charge in [-0.2, -0.15) is 0 Å². The Balaban J connectivity index is 1.68. The number of hydrogen-bond donors (Lipinski definition) is 1. The molecule has 9 nitrogen and oxygen atoms in total. The van der Waals surface area contributed by atoms with Crippen molar-refractivity contribution >= 4 is 17.9 Å². The molecule has 3 aromatic rings.